The van der Waals surface area contributed by atoms with Gasteiger partial charge >= 0.3 is 0 Å². The molecule has 0 spiro atoms. The summed E-state index contributed by atoms with van der Waals surface area (Å²) < 4.78 is 50.8. The molecule has 0 aliphatic carbocycles. The Labute approximate surface area is 119 Å². The second kappa shape index (κ2) is 6.64. The van der Waals surface area contributed by atoms with E-state index < -0.39 is 20.0 Å². The number of sulfonamides is 2. The third-order valence-electron chi connectivity index (χ3n) is 2.79. The molecule has 0 fully saturated rings. The minimum Gasteiger partial charge on any atom is -0.330 e. The van der Waals surface area contributed by atoms with Gasteiger partial charge in [-0.1, -0.05) is 0 Å². The quantitative estimate of drug-likeness (QED) is 0.708. The lowest BCUT2D eigenvalue weighted by Crippen LogP contribution is -2.29. The van der Waals surface area contributed by atoms with Gasteiger partial charge in [-0.2, -0.15) is 0 Å². The van der Waals surface area contributed by atoms with E-state index >= 15 is 0 Å². The fraction of sp³-hybridized carbons (Fsp3) is 0.455. The number of nitrogens with zero attached hydrogens (tertiary/aromatic N) is 1. The molecule has 0 saturated heterocycles. The van der Waals surface area contributed by atoms with Gasteiger partial charge in [-0.25, -0.2) is 25.9 Å². The summed E-state index contributed by atoms with van der Waals surface area (Å²) in [5.74, 6) is 0. The molecule has 0 amide bonds. The number of hydrogen-bond acceptors (Lipinski definition) is 5. The van der Waals surface area contributed by atoms with Crippen LogP contribution < -0.4 is 10.5 Å². The molecule has 0 bridgehead atoms. The topological polar surface area (TPSA) is 110 Å². The van der Waals surface area contributed by atoms with Crippen molar-refractivity contribution in [2.75, 3.05) is 27.2 Å². The van der Waals surface area contributed by atoms with E-state index in [2.05, 4.69) is 4.72 Å². The number of rotatable bonds is 7. The van der Waals surface area contributed by atoms with Crippen molar-refractivity contribution in [2.45, 2.75) is 16.2 Å². The highest BCUT2D eigenvalue weighted by molar-refractivity contribution is 7.89. The summed E-state index contributed by atoms with van der Waals surface area (Å²) in [7, 11) is -4.43. The Morgan fingerprint density at radius 3 is 2.05 bits per heavy atom. The largest absolute Gasteiger partial charge is 0.330 e. The van der Waals surface area contributed by atoms with Gasteiger partial charge in [-0.3, -0.25) is 0 Å². The lowest BCUT2D eigenvalue weighted by Gasteiger charge is -2.16. The first-order valence-electron chi connectivity index (χ1n) is 5.95. The summed E-state index contributed by atoms with van der Waals surface area (Å²) in [5, 5.41) is 0. The molecule has 1 aromatic carbocycles. The van der Waals surface area contributed by atoms with E-state index in [4.69, 9.17) is 5.73 Å². The number of nitrogens with two attached hydrogens (primary N) is 1. The molecule has 0 heterocycles. The Balaban J connectivity index is 3.04. The molecule has 9 heteroatoms. The molecule has 114 valence electrons. The lowest BCUT2D eigenvalue weighted by molar-refractivity contribution is 0.463. The van der Waals surface area contributed by atoms with Gasteiger partial charge in [-0.05, 0) is 44.3 Å². The van der Waals surface area contributed by atoms with Crippen molar-refractivity contribution in [3.63, 3.8) is 0 Å². The molecule has 0 aromatic heterocycles. The van der Waals surface area contributed by atoms with Crippen LogP contribution in [0.4, 0.5) is 0 Å². The van der Waals surface area contributed by atoms with Crippen LogP contribution in [-0.2, 0) is 20.0 Å². The summed E-state index contributed by atoms with van der Waals surface area (Å²) in [6.07, 6.45) is 0.557. The molecule has 1 rings (SSSR count). The van der Waals surface area contributed by atoms with Gasteiger partial charge in [0.2, 0.25) is 20.0 Å². The Kier molecular flexibility index (Phi) is 5.66. The van der Waals surface area contributed by atoms with Gasteiger partial charge in [-0.15, -0.1) is 0 Å². The van der Waals surface area contributed by atoms with Gasteiger partial charge < -0.3 is 5.73 Å². The zero-order valence-electron chi connectivity index (χ0n) is 11.4. The van der Waals surface area contributed by atoms with E-state index in [0.717, 1.165) is 0 Å². The smallest absolute Gasteiger partial charge is 0.242 e. The molecule has 0 unspecified atom stereocenters. The van der Waals surface area contributed by atoms with Gasteiger partial charge in [0.25, 0.3) is 0 Å². The van der Waals surface area contributed by atoms with Crippen molar-refractivity contribution in [3.05, 3.63) is 24.3 Å². The fourth-order valence-electron chi connectivity index (χ4n) is 1.52. The van der Waals surface area contributed by atoms with Crippen molar-refractivity contribution in [1.29, 1.82) is 0 Å². The molecule has 20 heavy (non-hydrogen) atoms. The summed E-state index contributed by atoms with van der Waals surface area (Å²) in [6, 6.07) is 5.07. The van der Waals surface area contributed by atoms with Crippen LogP contribution in [0.2, 0.25) is 0 Å². The Morgan fingerprint density at radius 1 is 1.10 bits per heavy atom. The van der Waals surface area contributed by atoms with Crippen molar-refractivity contribution in [1.82, 2.24) is 9.03 Å². The number of benzene rings is 1. The maximum Gasteiger partial charge on any atom is 0.242 e. The molecule has 0 radical (unpaired) electrons. The van der Waals surface area contributed by atoms with Crippen molar-refractivity contribution in [3.8, 4) is 0 Å². The van der Waals surface area contributed by atoms with Crippen LogP contribution in [0, 0.1) is 0 Å². The van der Waals surface area contributed by atoms with E-state index in [1.165, 1.54) is 42.7 Å². The second-order valence-electron chi connectivity index (χ2n) is 4.15. The summed E-state index contributed by atoms with van der Waals surface area (Å²) in [6.45, 7) is 0.717. The molecule has 0 aliphatic heterocycles. The van der Waals surface area contributed by atoms with Gasteiger partial charge in [0, 0.05) is 13.6 Å². The maximum absolute atomic E-state index is 12.2. The molecule has 1 aromatic rings. The third-order valence-corrected chi connectivity index (χ3v) is 6.09. The van der Waals surface area contributed by atoms with Gasteiger partial charge in [0.15, 0.2) is 0 Å². The van der Waals surface area contributed by atoms with Gasteiger partial charge in [0.1, 0.15) is 0 Å². The molecule has 0 aliphatic rings. The highest BCUT2D eigenvalue weighted by Gasteiger charge is 2.21. The van der Waals surface area contributed by atoms with E-state index in [0.29, 0.717) is 19.5 Å². The molecule has 0 atom stereocenters. The average Bonchev–Trinajstić information content (AvgIpc) is 2.44. The first kappa shape index (κ1) is 17.1. The third kappa shape index (κ3) is 3.76. The number of hydrogen-bond donors (Lipinski definition) is 2. The van der Waals surface area contributed by atoms with Crippen LogP contribution in [0.1, 0.15) is 6.42 Å². The van der Waals surface area contributed by atoms with Crippen LogP contribution in [0.25, 0.3) is 0 Å². The predicted octanol–water partition coefficient (Wildman–Crippen LogP) is -0.436. The fourth-order valence-corrected chi connectivity index (χ4v) is 3.46. The zero-order valence-corrected chi connectivity index (χ0v) is 13.0. The van der Waals surface area contributed by atoms with Crippen LogP contribution in [-0.4, -0.2) is 48.3 Å². The van der Waals surface area contributed by atoms with Crippen molar-refractivity contribution in [2.24, 2.45) is 5.73 Å². The van der Waals surface area contributed by atoms with Crippen molar-refractivity contribution < 1.29 is 16.8 Å². The molecular weight excluding hydrogens is 302 g/mol. The first-order chi connectivity index (χ1) is 9.25. The van der Waals surface area contributed by atoms with Crippen LogP contribution in [0.3, 0.4) is 0 Å². The predicted molar refractivity (Wildman–Crippen MR) is 76.2 cm³/mol. The standard InChI is InChI=1S/C11H19N3O4S2/c1-13-19(15,16)10-4-6-11(7-5-10)20(17,18)14(2)9-3-8-12/h4-7,13H,3,8-9,12H2,1-2H3. The molecule has 0 saturated carbocycles. The Hall–Kier alpha value is -1.00. The summed E-state index contributed by atoms with van der Waals surface area (Å²) in [5.41, 5.74) is 5.35. The minimum absolute atomic E-state index is 0.0172. The SMILES string of the molecule is CNS(=O)(=O)c1ccc(S(=O)(=O)N(C)CCCN)cc1. The van der Waals surface area contributed by atoms with Crippen LogP contribution >= 0.6 is 0 Å². The number of nitrogens with one attached hydrogen (secondary N) is 1. The molecular formula is C11H19N3O4S2. The first-order valence-corrected chi connectivity index (χ1v) is 8.88. The van der Waals surface area contributed by atoms with Gasteiger partial charge in [0.05, 0.1) is 9.79 Å². The molecule has 7 nitrogen and oxygen atoms in total. The maximum atomic E-state index is 12.2. The Morgan fingerprint density at radius 2 is 1.60 bits per heavy atom. The van der Waals surface area contributed by atoms with Crippen LogP contribution in [0.5, 0.6) is 0 Å². The van der Waals surface area contributed by atoms with E-state index in [9.17, 15) is 16.8 Å². The Bertz CT molecular complexity index is 639. The van der Waals surface area contributed by atoms with E-state index in [1.54, 1.807) is 0 Å². The van der Waals surface area contributed by atoms with E-state index in [-0.39, 0.29) is 9.79 Å². The lowest BCUT2D eigenvalue weighted by atomic mass is 10.4. The minimum atomic E-state index is -3.62. The summed E-state index contributed by atoms with van der Waals surface area (Å²) in [4.78, 5) is 0.0654. The monoisotopic (exact) mass is 321 g/mol. The van der Waals surface area contributed by atoms with E-state index in [1.807, 2.05) is 0 Å². The van der Waals surface area contributed by atoms with Crippen molar-refractivity contribution >= 4 is 20.0 Å². The normalized spacial score (nSPS) is 12.8. The van der Waals surface area contributed by atoms with Crippen LogP contribution in [0.15, 0.2) is 34.1 Å². The average molecular weight is 321 g/mol. The highest BCUT2D eigenvalue weighted by Crippen LogP contribution is 2.17. The molecule has 3 N–H and O–H groups in total. The summed E-state index contributed by atoms with van der Waals surface area (Å²) >= 11 is 0. The zero-order chi connectivity index (χ0) is 15.4. The second-order valence-corrected chi connectivity index (χ2v) is 8.08. The highest BCUT2D eigenvalue weighted by atomic mass is 32.2.